The van der Waals surface area contributed by atoms with Crippen LogP contribution in [0.25, 0.3) is 0 Å². The smallest absolute Gasteiger partial charge is 0.410 e. The van der Waals surface area contributed by atoms with Crippen molar-refractivity contribution in [2.45, 2.75) is 71.9 Å². The average molecular weight is 254 g/mol. The first kappa shape index (κ1) is 16.8. The van der Waals surface area contributed by atoms with Crippen LogP contribution in [-0.2, 0) is 4.74 Å². The molecule has 0 rings (SSSR count). The zero-order chi connectivity index (χ0) is 14.2. The van der Waals surface area contributed by atoms with Crippen molar-refractivity contribution < 1.29 is 9.53 Å². The molecule has 104 valence electrons. The molecule has 1 atom stereocenters. The minimum atomic E-state index is -0.476. The molecule has 18 heavy (non-hydrogen) atoms. The van der Waals surface area contributed by atoms with Gasteiger partial charge in [0.1, 0.15) is 5.60 Å². The Balaban J connectivity index is 4.67. The number of carbonyl (C=O) groups excluding carboxylic acids is 1. The van der Waals surface area contributed by atoms with Gasteiger partial charge in [-0.1, -0.05) is 13.3 Å². The van der Waals surface area contributed by atoms with Crippen LogP contribution in [0.15, 0.2) is 0 Å². The summed E-state index contributed by atoms with van der Waals surface area (Å²) in [7, 11) is 0. The Labute approximate surface area is 111 Å². The van der Waals surface area contributed by atoms with E-state index < -0.39 is 5.60 Å². The highest BCUT2D eigenvalue weighted by molar-refractivity contribution is 5.68. The van der Waals surface area contributed by atoms with Crippen molar-refractivity contribution in [1.29, 1.82) is 5.26 Å². The van der Waals surface area contributed by atoms with E-state index in [9.17, 15) is 4.79 Å². The van der Waals surface area contributed by atoms with Crippen LogP contribution in [0.4, 0.5) is 4.79 Å². The molecule has 4 nitrogen and oxygen atoms in total. The minimum absolute atomic E-state index is 0.106. The lowest BCUT2D eigenvalue weighted by atomic mass is 10.1. The second kappa shape index (κ2) is 7.97. The minimum Gasteiger partial charge on any atom is -0.444 e. The molecule has 0 saturated carbocycles. The Morgan fingerprint density at radius 2 is 1.94 bits per heavy atom. The van der Waals surface area contributed by atoms with E-state index in [1.165, 1.54) is 0 Å². The van der Waals surface area contributed by atoms with Crippen LogP contribution in [0, 0.1) is 11.3 Å². The highest BCUT2D eigenvalue weighted by atomic mass is 16.6. The lowest BCUT2D eigenvalue weighted by Gasteiger charge is -2.32. The van der Waals surface area contributed by atoms with Gasteiger partial charge in [-0.15, -0.1) is 0 Å². The number of hydrogen-bond acceptors (Lipinski definition) is 3. The zero-order valence-corrected chi connectivity index (χ0v) is 12.3. The Morgan fingerprint density at radius 3 is 2.33 bits per heavy atom. The van der Waals surface area contributed by atoms with Gasteiger partial charge in [0, 0.05) is 19.0 Å². The summed E-state index contributed by atoms with van der Waals surface area (Å²) in [5.41, 5.74) is -0.476. The standard InChI is InChI=1S/C14H26N2O2/c1-6-9-12(10-8-11-15)16(7-2)13(17)18-14(3,4)5/h12H,6-10H2,1-5H3. The van der Waals surface area contributed by atoms with Gasteiger partial charge in [0.25, 0.3) is 0 Å². The summed E-state index contributed by atoms with van der Waals surface area (Å²) in [6.07, 6.45) is 2.83. The highest BCUT2D eigenvalue weighted by Crippen LogP contribution is 2.17. The van der Waals surface area contributed by atoms with Crippen molar-refractivity contribution in [3.8, 4) is 6.07 Å². The van der Waals surface area contributed by atoms with E-state index in [1.54, 1.807) is 4.90 Å². The molecule has 0 aromatic heterocycles. The summed E-state index contributed by atoms with van der Waals surface area (Å²) in [5, 5.41) is 8.68. The van der Waals surface area contributed by atoms with Crippen molar-refractivity contribution in [3.05, 3.63) is 0 Å². The van der Waals surface area contributed by atoms with Crippen molar-refractivity contribution in [2.24, 2.45) is 0 Å². The Morgan fingerprint density at radius 1 is 1.33 bits per heavy atom. The Kier molecular flexibility index (Phi) is 7.42. The fourth-order valence-electron chi connectivity index (χ4n) is 1.88. The number of nitrogens with zero attached hydrogens (tertiary/aromatic N) is 2. The molecule has 0 bridgehead atoms. The van der Waals surface area contributed by atoms with Gasteiger partial charge in [0.2, 0.25) is 0 Å². The van der Waals surface area contributed by atoms with Gasteiger partial charge in [-0.25, -0.2) is 4.79 Å². The second-order valence-electron chi connectivity index (χ2n) is 5.41. The first-order valence-corrected chi connectivity index (χ1v) is 6.72. The van der Waals surface area contributed by atoms with Crippen LogP contribution in [0.2, 0.25) is 0 Å². The van der Waals surface area contributed by atoms with E-state index in [-0.39, 0.29) is 12.1 Å². The molecule has 0 aliphatic rings. The van der Waals surface area contributed by atoms with Gasteiger partial charge in [-0.05, 0) is 40.5 Å². The maximum atomic E-state index is 12.1. The number of rotatable bonds is 6. The fraction of sp³-hybridized carbons (Fsp3) is 0.857. The predicted octanol–water partition coefficient (Wildman–Crippen LogP) is 3.72. The van der Waals surface area contributed by atoms with E-state index in [0.29, 0.717) is 13.0 Å². The molecular formula is C14H26N2O2. The molecule has 1 amide bonds. The largest absolute Gasteiger partial charge is 0.444 e. The third-order valence-corrected chi connectivity index (χ3v) is 2.62. The first-order chi connectivity index (χ1) is 8.35. The molecule has 0 radical (unpaired) electrons. The van der Waals surface area contributed by atoms with Crippen LogP contribution in [-0.4, -0.2) is 29.2 Å². The molecular weight excluding hydrogens is 228 g/mol. The van der Waals surface area contributed by atoms with Crippen molar-refractivity contribution >= 4 is 6.09 Å². The lowest BCUT2D eigenvalue weighted by Crippen LogP contribution is -2.43. The maximum absolute atomic E-state index is 12.1. The van der Waals surface area contributed by atoms with Crippen LogP contribution in [0.5, 0.6) is 0 Å². The Bertz CT molecular complexity index is 289. The molecule has 0 fully saturated rings. The maximum Gasteiger partial charge on any atom is 0.410 e. The monoisotopic (exact) mass is 254 g/mol. The molecule has 0 aromatic carbocycles. The normalized spacial score (nSPS) is 12.7. The molecule has 1 unspecified atom stereocenters. The van der Waals surface area contributed by atoms with E-state index in [1.807, 2.05) is 27.7 Å². The first-order valence-electron chi connectivity index (χ1n) is 6.72. The van der Waals surface area contributed by atoms with Crippen LogP contribution in [0.3, 0.4) is 0 Å². The number of carbonyl (C=O) groups is 1. The summed E-state index contributed by atoms with van der Waals surface area (Å²) >= 11 is 0. The SMILES string of the molecule is CCCC(CCC#N)N(CC)C(=O)OC(C)(C)C. The third kappa shape index (κ3) is 6.48. The highest BCUT2D eigenvalue weighted by Gasteiger charge is 2.26. The summed E-state index contributed by atoms with van der Waals surface area (Å²) in [6, 6.07) is 2.25. The molecule has 4 heteroatoms. The van der Waals surface area contributed by atoms with E-state index in [4.69, 9.17) is 10.00 Å². The van der Waals surface area contributed by atoms with Gasteiger partial charge in [0.05, 0.1) is 6.07 Å². The van der Waals surface area contributed by atoms with Crippen LogP contribution < -0.4 is 0 Å². The molecule has 0 N–H and O–H groups in total. The van der Waals surface area contributed by atoms with Crippen molar-refractivity contribution in [2.75, 3.05) is 6.54 Å². The number of amides is 1. The second-order valence-corrected chi connectivity index (χ2v) is 5.41. The molecule has 0 heterocycles. The zero-order valence-electron chi connectivity index (χ0n) is 12.3. The van der Waals surface area contributed by atoms with E-state index >= 15 is 0 Å². The number of nitriles is 1. The molecule has 0 aliphatic carbocycles. The number of hydrogen-bond donors (Lipinski definition) is 0. The van der Waals surface area contributed by atoms with Gasteiger partial charge < -0.3 is 9.64 Å². The lowest BCUT2D eigenvalue weighted by molar-refractivity contribution is 0.0156. The fourth-order valence-corrected chi connectivity index (χ4v) is 1.88. The summed E-state index contributed by atoms with van der Waals surface area (Å²) in [4.78, 5) is 13.8. The molecule has 0 spiro atoms. The third-order valence-electron chi connectivity index (χ3n) is 2.62. The molecule has 0 aliphatic heterocycles. The summed E-state index contributed by atoms with van der Waals surface area (Å²) < 4.78 is 5.40. The predicted molar refractivity (Wildman–Crippen MR) is 72.2 cm³/mol. The van der Waals surface area contributed by atoms with Crippen molar-refractivity contribution in [3.63, 3.8) is 0 Å². The summed E-state index contributed by atoms with van der Waals surface area (Å²) in [5.74, 6) is 0. The van der Waals surface area contributed by atoms with Crippen LogP contribution >= 0.6 is 0 Å². The topological polar surface area (TPSA) is 53.3 Å². The van der Waals surface area contributed by atoms with Crippen LogP contribution in [0.1, 0.15) is 60.3 Å². The van der Waals surface area contributed by atoms with Gasteiger partial charge in [0.15, 0.2) is 0 Å². The Hall–Kier alpha value is -1.24. The van der Waals surface area contributed by atoms with Crippen molar-refractivity contribution in [1.82, 2.24) is 4.90 Å². The summed E-state index contributed by atoms with van der Waals surface area (Å²) in [6.45, 7) is 10.2. The average Bonchev–Trinajstić information content (AvgIpc) is 2.24. The molecule has 0 saturated heterocycles. The van der Waals surface area contributed by atoms with Gasteiger partial charge in [-0.3, -0.25) is 0 Å². The van der Waals surface area contributed by atoms with E-state index in [0.717, 1.165) is 19.3 Å². The number of ether oxygens (including phenoxy) is 1. The quantitative estimate of drug-likeness (QED) is 0.726. The van der Waals surface area contributed by atoms with Gasteiger partial charge in [-0.2, -0.15) is 5.26 Å². The van der Waals surface area contributed by atoms with E-state index in [2.05, 4.69) is 13.0 Å². The van der Waals surface area contributed by atoms with Gasteiger partial charge >= 0.3 is 6.09 Å². The molecule has 0 aromatic rings.